The quantitative estimate of drug-likeness (QED) is 0.523. The summed E-state index contributed by atoms with van der Waals surface area (Å²) in [5.74, 6) is 0. The molecule has 4 rings (SSSR count). The smallest absolute Gasteiger partial charge is 0.275 e. The number of benzene rings is 2. The minimum Gasteiger partial charge on any atom is -0.376 e. The molecule has 0 N–H and O–H groups in total. The van der Waals surface area contributed by atoms with E-state index in [0.717, 1.165) is 15.8 Å². The van der Waals surface area contributed by atoms with E-state index in [1.807, 2.05) is 25.1 Å². The molecule has 0 saturated carbocycles. The Balaban J connectivity index is 2.07. The fraction of sp³-hybridized carbons (Fsp3) is 0.105. The van der Waals surface area contributed by atoms with Gasteiger partial charge < -0.3 is 4.90 Å². The van der Waals surface area contributed by atoms with Gasteiger partial charge in [0, 0.05) is 29.2 Å². The molecule has 2 heterocycles. The molecule has 26 heavy (non-hydrogen) atoms. The van der Waals surface area contributed by atoms with Crippen LogP contribution in [-0.4, -0.2) is 23.6 Å². The Morgan fingerprint density at radius 2 is 1.92 bits per heavy atom. The number of nitrogens with zero attached hydrogens (tertiary/aromatic N) is 4. The lowest BCUT2D eigenvalue weighted by atomic mass is 10.1. The van der Waals surface area contributed by atoms with E-state index < -0.39 is 0 Å². The molecule has 0 spiro atoms. The van der Waals surface area contributed by atoms with Crippen molar-refractivity contribution in [3.05, 3.63) is 63.7 Å². The van der Waals surface area contributed by atoms with Crippen LogP contribution in [-0.2, 0) is 0 Å². The molecular formula is C19H13ClN4OS. The van der Waals surface area contributed by atoms with Gasteiger partial charge in [0.2, 0.25) is 0 Å². The molecule has 0 unspecified atom stereocenters. The van der Waals surface area contributed by atoms with E-state index in [-0.39, 0.29) is 5.56 Å². The predicted molar refractivity (Wildman–Crippen MR) is 107 cm³/mol. The lowest BCUT2D eigenvalue weighted by Crippen LogP contribution is -2.17. The first-order valence-electron chi connectivity index (χ1n) is 7.81. The average molecular weight is 381 g/mol. The molecule has 0 aliphatic rings. The summed E-state index contributed by atoms with van der Waals surface area (Å²) in [6.45, 7) is 0. The summed E-state index contributed by atoms with van der Waals surface area (Å²) in [7, 11) is 3.77. The van der Waals surface area contributed by atoms with Crippen LogP contribution in [0, 0.1) is 11.3 Å². The number of halogens is 1. The van der Waals surface area contributed by atoms with Gasteiger partial charge >= 0.3 is 0 Å². The van der Waals surface area contributed by atoms with Crippen LogP contribution in [0.5, 0.6) is 0 Å². The average Bonchev–Trinajstić information content (AvgIpc) is 3.01. The number of rotatable bonds is 2. The summed E-state index contributed by atoms with van der Waals surface area (Å²) in [6, 6.07) is 12.9. The molecule has 0 saturated heterocycles. The van der Waals surface area contributed by atoms with E-state index in [1.54, 1.807) is 30.3 Å². The van der Waals surface area contributed by atoms with Crippen molar-refractivity contribution in [3.63, 3.8) is 0 Å². The normalized spacial score (nSPS) is 11.0. The lowest BCUT2D eigenvalue weighted by Gasteiger charge is -2.15. The fourth-order valence-corrected chi connectivity index (χ4v) is 4.26. The first-order valence-corrected chi connectivity index (χ1v) is 9.01. The summed E-state index contributed by atoms with van der Waals surface area (Å²) in [5.41, 5.74) is 2.54. The number of thiophene rings is 1. The van der Waals surface area contributed by atoms with E-state index in [0.29, 0.717) is 26.5 Å². The number of nitriles is 1. The van der Waals surface area contributed by atoms with Crippen molar-refractivity contribution >= 4 is 48.9 Å². The van der Waals surface area contributed by atoms with Gasteiger partial charge in [-0.15, -0.1) is 11.3 Å². The third-order valence-corrected chi connectivity index (χ3v) is 5.58. The van der Waals surface area contributed by atoms with Crippen molar-refractivity contribution in [1.82, 2.24) is 9.55 Å². The fourth-order valence-electron chi connectivity index (χ4n) is 3.04. The van der Waals surface area contributed by atoms with Crippen LogP contribution in [0.25, 0.3) is 26.0 Å². The molecule has 0 aliphatic heterocycles. The zero-order valence-corrected chi connectivity index (χ0v) is 15.6. The van der Waals surface area contributed by atoms with Crippen LogP contribution in [0.3, 0.4) is 0 Å². The Labute approximate surface area is 158 Å². The van der Waals surface area contributed by atoms with Crippen LogP contribution in [0.15, 0.2) is 47.5 Å². The molecule has 2 aromatic heterocycles. The van der Waals surface area contributed by atoms with Crippen LogP contribution >= 0.6 is 22.9 Å². The van der Waals surface area contributed by atoms with Crippen LogP contribution in [0.4, 0.5) is 5.69 Å². The topological polar surface area (TPSA) is 61.9 Å². The van der Waals surface area contributed by atoms with Gasteiger partial charge in [-0.05, 0) is 36.4 Å². The second kappa shape index (κ2) is 6.13. The lowest BCUT2D eigenvalue weighted by molar-refractivity contribution is 0.967. The van der Waals surface area contributed by atoms with Crippen molar-refractivity contribution in [2.45, 2.75) is 0 Å². The Morgan fingerprint density at radius 3 is 2.58 bits per heavy atom. The zero-order chi connectivity index (χ0) is 18.4. The molecular weight excluding hydrogens is 368 g/mol. The second-order valence-electron chi connectivity index (χ2n) is 6.02. The number of anilines is 1. The van der Waals surface area contributed by atoms with Crippen molar-refractivity contribution in [2.24, 2.45) is 0 Å². The first kappa shape index (κ1) is 16.6. The highest BCUT2D eigenvalue weighted by Crippen LogP contribution is 2.38. The third-order valence-electron chi connectivity index (χ3n) is 4.19. The van der Waals surface area contributed by atoms with Crippen molar-refractivity contribution < 1.29 is 0 Å². The van der Waals surface area contributed by atoms with E-state index >= 15 is 0 Å². The third kappa shape index (κ3) is 2.45. The van der Waals surface area contributed by atoms with Gasteiger partial charge in [0.1, 0.15) is 17.1 Å². The monoisotopic (exact) mass is 380 g/mol. The Hall–Kier alpha value is -2.88. The van der Waals surface area contributed by atoms with Crippen LogP contribution in [0.2, 0.25) is 5.02 Å². The number of hydrogen-bond donors (Lipinski definition) is 0. The summed E-state index contributed by atoms with van der Waals surface area (Å²) < 4.78 is 3.01. The highest BCUT2D eigenvalue weighted by Gasteiger charge is 2.18. The van der Waals surface area contributed by atoms with Crippen molar-refractivity contribution in [1.29, 1.82) is 5.26 Å². The van der Waals surface area contributed by atoms with Crippen molar-refractivity contribution in [2.75, 3.05) is 19.0 Å². The molecule has 0 bridgehead atoms. The molecule has 0 radical (unpaired) electrons. The summed E-state index contributed by atoms with van der Waals surface area (Å²) in [6.07, 6.45) is 1.53. The summed E-state index contributed by atoms with van der Waals surface area (Å²) in [4.78, 5) is 19.5. The predicted octanol–water partition coefficient (Wildman–Crippen LogP) is 4.19. The first-order chi connectivity index (χ1) is 12.5. The Kier molecular flexibility index (Phi) is 3.91. The van der Waals surface area contributed by atoms with E-state index in [1.165, 1.54) is 22.2 Å². The van der Waals surface area contributed by atoms with Gasteiger partial charge in [-0.3, -0.25) is 9.36 Å². The summed E-state index contributed by atoms with van der Waals surface area (Å²) >= 11 is 7.32. The van der Waals surface area contributed by atoms with E-state index in [4.69, 9.17) is 11.6 Å². The molecule has 0 fully saturated rings. The Bertz CT molecular complexity index is 1250. The Morgan fingerprint density at radius 1 is 1.19 bits per heavy atom. The minimum atomic E-state index is -0.137. The molecule has 0 aliphatic carbocycles. The second-order valence-corrected chi connectivity index (χ2v) is 7.51. The van der Waals surface area contributed by atoms with Gasteiger partial charge in [-0.1, -0.05) is 11.6 Å². The van der Waals surface area contributed by atoms with Gasteiger partial charge in [0.25, 0.3) is 5.56 Å². The molecule has 128 valence electrons. The highest BCUT2D eigenvalue weighted by atomic mass is 35.5. The maximum absolute atomic E-state index is 13.0. The number of fused-ring (bicyclic) bond motifs is 3. The SMILES string of the molecule is CN(C)c1c(C#N)ccc2sc3c(=O)n(-c4ccc(Cl)cc4)cnc3c12. The molecule has 7 heteroatoms. The minimum absolute atomic E-state index is 0.137. The van der Waals surface area contributed by atoms with E-state index in [9.17, 15) is 10.1 Å². The van der Waals surface area contributed by atoms with Gasteiger partial charge in [-0.2, -0.15) is 5.26 Å². The van der Waals surface area contributed by atoms with Crippen LogP contribution < -0.4 is 10.5 Å². The molecule has 0 atom stereocenters. The maximum Gasteiger partial charge on any atom is 0.275 e. The zero-order valence-electron chi connectivity index (χ0n) is 14.0. The largest absolute Gasteiger partial charge is 0.376 e. The highest BCUT2D eigenvalue weighted by molar-refractivity contribution is 7.25. The number of hydrogen-bond acceptors (Lipinski definition) is 5. The summed E-state index contributed by atoms with van der Waals surface area (Å²) in [5, 5.41) is 10.9. The number of aromatic nitrogens is 2. The molecule has 5 nitrogen and oxygen atoms in total. The molecule has 0 amide bonds. The van der Waals surface area contributed by atoms with Gasteiger partial charge in [0.15, 0.2) is 0 Å². The standard InChI is InChI=1S/C19H13ClN4OS/c1-23(2)17-11(9-21)3-8-14-15(17)16-18(26-14)19(25)24(10-22-16)13-6-4-12(20)5-7-13/h3-8,10H,1-2H3. The van der Waals surface area contributed by atoms with Crippen molar-refractivity contribution in [3.8, 4) is 11.8 Å². The van der Waals surface area contributed by atoms with Gasteiger partial charge in [0.05, 0.1) is 22.5 Å². The van der Waals surface area contributed by atoms with E-state index in [2.05, 4.69) is 11.1 Å². The molecule has 2 aromatic carbocycles. The molecule has 4 aromatic rings. The maximum atomic E-state index is 13.0. The van der Waals surface area contributed by atoms with Crippen LogP contribution in [0.1, 0.15) is 5.56 Å². The van der Waals surface area contributed by atoms with Gasteiger partial charge in [-0.25, -0.2) is 4.98 Å².